The maximum Gasteiger partial charge on any atom is 0.125 e. The molecule has 2 unspecified atom stereocenters. The quantitative estimate of drug-likeness (QED) is 0.767. The minimum Gasteiger partial charge on any atom is -0.493 e. The average Bonchev–Trinajstić information content (AvgIpc) is 2.44. The van der Waals surface area contributed by atoms with Crippen LogP contribution in [0.25, 0.3) is 0 Å². The lowest BCUT2D eigenvalue weighted by Crippen LogP contribution is -2.26. The van der Waals surface area contributed by atoms with Crippen molar-refractivity contribution in [1.82, 2.24) is 0 Å². The molecule has 0 aliphatic heterocycles. The Morgan fingerprint density at radius 2 is 1.76 bits per heavy atom. The molecular weight excluding hydrogens is 288 g/mol. The molecule has 0 spiro atoms. The standard InChI is InChI=1S/C17H27ClO3/c1-5-7-15(19)16(20)9-8-13-12(4)14(18)10-11(3)17(13)21-6-2/h10,15-16,19-20H,5-9H2,1-4H3. The van der Waals surface area contributed by atoms with E-state index < -0.39 is 12.2 Å². The maximum absolute atomic E-state index is 10.0. The Balaban J connectivity index is 2.91. The molecule has 4 heteroatoms. The molecule has 0 aliphatic rings. The number of benzene rings is 1. The predicted octanol–water partition coefficient (Wildman–Crippen LogP) is 3.81. The summed E-state index contributed by atoms with van der Waals surface area (Å²) in [5.74, 6) is 0.858. The molecule has 0 heterocycles. The van der Waals surface area contributed by atoms with E-state index in [2.05, 4.69) is 0 Å². The molecule has 0 saturated heterocycles. The third kappa shape index (κ3) is 4.87. The number of aliphatic hydroxyl groups excluding tert-OH is 2. The van der Waals surface area contributed by atoms with Gasteiger partial charge < -0.3 is 14.9 Å². The lowest BCUT2D eigenvalue weighted by atomic mass is 9.96. The molecule has 1 aromatic rings. The van der Waals surface area contributed by atoms with Crippen molar-refractivity contribution in [3.8, 4) is 5.75 Å². The van der Waals surface area contributed by atoms with Crippen LogP contribution in [0.5, 0.6) is 5.75 Å². The zero-order chi connectivity index (χ0) is 16.0. The van der Waals surface area contributed by atoms with E-state index in [1.165, 1.54) is 0 Å². The zero-order valence-corrected chi connectivity index (χ0v) is 14.2. The van der Waals surface area contributed by atoms with Crippen molar-refractivity contribution in [1.29, 1.82) is 0 Å². The first-order valence-corrected chi connectivity index (χ1v) is 8.07. The molecule has 0 radical (unpaired) electrons. The second-order valence-electron chi connectivity index (χ2n) is 5.50. The molecule has 1 rings (SSSR count). The van der Waals surface area contributed by atoms with Crippen LogP contribution in [-0.4, -0.2) is 29.0 Å². The van der Waals surface area contributed by atoms with Crippen LogP contribution in [0, 0.1) is 13.8 Å². The molecule has 0 fully saturated rings. The van der Waals surface area contributed by atoms with Crippen molar-refractivity contribution in [2.24, 2.45) is 0 Å². The largest absolute Gasteiger partial charge is 0.493 e. The van der Waals surface area contributed by atoms with Crippen molar-refractivity contribution in [3.63, 3.8) is 0 Å². The fourth-order valence-electron chi connectivity index (χ4n) is 2.54. The van der Waals surface area contributed by atoms with E-state index in [0.717, 1.165) is 33.9 Å². The molecule has 2 N–H and O–H groups in total. The van der Waals surface area contributed by atoms with Crippen LogP contribution in [0.1, 0.15) is 49.8 Å². The highest BCUT2D eigenvalue weighted by Crippen LogP contribution is 2.33. The van der Waals surface area contributed by atoms with Crippen molar-refractivity contribution >= 4 is 11.6 Å². The van der Waals surface area contributed by atoms with Crippen LogP contribution >= 0.6 is 11.6 Å². The topological polar surface area (TPSA) is 49.7 Å². The monoisotopic (exact) mass is 314 g/mol. The minimum absolute atomic E-state index is 0.502. The Hall–Kier alpha value is -0.770. The van der Waals surface area contributed by atoms with E-state index in [1.807, 2.05) is 33.8 Å². The molecule has 1 aromatic carbocycles. The van der Waals surface area contributed by atoms with Gasteiger partial charge in [-0.3, -0.25) is 0 Å². The molecule has 21 heavy (non-hydrogen) atoms. The van der Waals surface area contributed by atoms with Crippen molar-refractivity contribution in [3.05, 3.63) is 27.8 Å². The number of ether oxygens (including phenoxy) is 1. The lowest BCUT2D eigenvalue weighted by Gasteiger charge is -2.20. The molecule has 0 bridgehead atoms. The third-order valence-electron chi connectivity index (χ3n) is 3.79. The first-order chi connectivity index (χ1) is 9.92. The van der Waals surface area contributed by atoms with Crippen molar-refractivity contribution in [2.45, 2.75) is 65.6 Å². The van der Waals surface area contributed by atoms with E-state index in [4.69, 9.17) is 16.3 Å². The van der Waals surface area contributed by atoms with Gasteiger partial charge >= 0.3 is 0 Å². The van der Waals surface area contributed by atoms with E-state index in [0.29, 0.717) is 25.9 Å². The molecule has 0 amide bonds. The van der Waals surface area contributed by atoms with Crippen LogP contribution < -0.4 is 4.74 Å². The molecule has 2 atom stereocenters. The van der Waals surface area contributed by atoms with Gasteiger partial charge in [0.2, 0.25) is 0 Å². The summed E-state index contributed by atoms with van der Waals surface area (Å²) in [6.07, 6.45) is 1.25. The van der Waals surface area contributed by atoms with Crippen molar-refractivity contribution in [2.75, 3.05) is 6.61 Å². The Labute approximate surface area is 132 Å². The number of rotatable bonds is 8. The van der Waals surface area contributed by atoms with Gasteiger partial charge in [0, 0.05) is 5.02 Å². The van der Waals surface area contributed by atoms with Crippen molar-refractivity contribution < 1.29 is 14.9 Å². The fourth-order valence-corrected chi connectivity index (χ4v) is 2.81. The third-order valence-corrected chi connectivity index (χ3v) is 4.19. The maximum atomic E-state index is 10.0. The van der Waals surface area contributed by atoms with Gasteiger partial charge in [-0.25, -0.2) is 0 Å². The summed E-state index contributed by atoms with van der Waals surface area (Å²) in [6.45, 7) is 8.48. The first kappa shape index (κ1) is 18.3. The Bertz CT molecular complexity index is 460. The van der Waals surface area contributed by atoms with Crippen LogP contribution in [0.4, 0.5) is 0 Å². The summed E-state index contributed by atoms with van der Waals surface area (Å²) in [4.78, 5) is 0. The number of halogens is 1. The summed E-state index contributed by atoms with van der Waals surface area (Å²) in [6, 6.07) is 1.91. The molecule has 0 aliphatic carbocycles. The van der Waals surface area contributed by atoms with Gasteiger partial charge in [0.25, 0.3) is 0 Å². The van der Waals surface area contributed by atoms with Gasteiger partial charge in [0.05, 0.1) is 18.8 Å². The second kappa shape index (κ2) is 8.62. The van der Waals surface area contributed by atoms with Crippen LogP contribution in [0.2, 0.25) is 5.02 Å². The summed E-state index contributed by atoms with van der Waals surface area (Å²) in [7, 11) is 0. The SMILES string of the molecule is CCCC(O)C(O)CCc1c(C)c(Cl)cc(C)c1OCC. The summed E-state index contributed by atoms with van der Waals surface area (Å²) < 4.78 is 5.74. The Morgan fingerprint density at radius 3 is 2.33 bits per heavy atom. The minimum atomic E-state index is -0.710. The predicted molar refractivity (Wildman–Crippen MR) is 87.3 cm³/mol. The Morgan fingerprint density at radius 1 is 1.14 bits per heavy atom. The Kier molecular flexibility index (Phi) is 7.50. The molecule has 3 nitrogen and oxygen atoms in total. The highest BCUT2D eigenvalue weighted by atomic mass is 35.5. The van der Waals surface area contributed by atoms with Crippen LogP contribution in [0.15, 0.2) is 6.07 Å². The summed E-state index contributed by atoms with van der Waals surface area (Å²) in [5, 5.41) is 20.6. The lowest BCUT2D eigenvalue weighted by molar-refractivity contribution is 0.00971. The van der Waals surface area contributed by atoms with E-state index in [9.17, 15) is 10.2 Å². The zero-order valence-electron chi connectivity index (χ0n) is 13.4. The number of hydrogen-bond acceptors (Lipinski definition) is 3. The fraction of sp³-hybridized carbons (Fsp3) is 0.647. The number of aryl methyl sites for hydroxylation is 1. The highest BCUT2D eigenvalue weighted by Gasteiger charge is 2.19. The smallest absolute Gasteiger partial charge is 0.125 e. The second-order valence-corrected chi connectivity index (χ2v) is 5.91. The normalized spacial score (nSPS) is 14.0. The van der Waals surface area contributed by atoms with Gasteiger partial charge in [-0.1, -0.05) is 24.9 Å². The van der Waals surface area contributed by atoms with Gasteiger partial charge in [-0.2, -0.15) is 0 Å². The number of aliphatic hydroxyl groups is 2. The summed E-state index contributed by atoms with van der Waals surface area (Å²) in [5.41, 5.74) is 3.03. The van der Waals surface area contributed by atoms with Gasteiger partial charge in [-0.15, -0.1) is 0 Å². The van der Waals surface area contributed by atoms with Gasteiger partial charge in [0.1, 0.15) is 5.75 Å². The van der Waals surface area contributed by atoms with Crippen LogP contribution in [0.3, 0.4) is 0 Å². The van der Waals surface area contributed by atoms with Crippen LogP contribution in [-0.2, 0) is 6.42 Å². The highest BCUT2D eigenvalue weighted by molar-refractivity contribution is 6.31. The summed E-state index contributed by atoms with van der Waals surface area (Å²) >= 11 is 6.25. The number of hydrogen-bond donors (Lipinski definition) is 2. The molecular formula is C17H27ClO3. The average molecular weight is 315 g/mol. The van der Waals surface area contributed by atoms with Gasteiger partial charge in [0.15, 0.2) is 0 Å². The molecule has 0 saturated carbocycles. The van der Waals surface area contributed by atoms with E-state index in [1.54, 1.807) is 0 Å². The molecule has 120 valence electrons. The molecule has 0 aromatic heterocycles. The van der Waals surface area contributed by atoms with E-state index in [-0.39, 0.29) is 0 Å². The van der Waals surface area contributed by atoms with E-state index >= 15 is 0 Å². The first-order valence-electron chi connectivity index (χ1n) is 7.69. The van der Waals surface area contributed by atoms with Gasteiger partial charge in [-0.05, 0) is 62.8 Å².